The second-order valence-corrected chi connectivity index (χ2v) is 10.2. The van der Waals surface area contributed by atoms with Gasteiger partial charge in [-0.05, 0) is 13.3 Å². The fourth-order valence-electron chi connectivity index (χ4n) is 3.89. The number of rotatable bonds is 7. The molecule has 1 heterocycles. The van der Waals surface area contributed by atoms with Crippen molar-refractivity contribution < 1.29 is 4.57 Å². The van der Waals surface area contributed by atoms with Gasteiger partial charge in [-0.25, -0.2) is 4.98 Å². The molecule has 0 N–H and O–H groups in total. The molecule has 0 saturated carbocycles. The Hall–Kier alpha value is -2.90. The number of imidazole rings is 1. The zero-order valence-electron chi connectivity index (χ0n) is 17.5. The van der Waals surface area contributed by atoms with Crippen LogP contribution in [0.2, 0.25) is 0 Å². The van der Waals surface area contributed by atoms with Crippen molar-refractivity contribution in [2.75, 3.05) is 0 Å². The van der Waals surface area contributed by atoms with Crippen LogP contribution in [-0.2, 0) is 11.1 Å². The second-order valence-electron chi connectivity index (χ2n) is 7.50. The van der Waals surface area contributed by atoms with Gasteiger partial charge in [0, 0.05) is 28.4 Å². The Morgan fingerprint density at radius 1 is 0.800 bits per heavy atom. The van der Waals surface area contributed by atoms with Gasteiger partial charge in [0.05, 0.1) is 0 Å². The zero-order chi connectivity index (χ0) is 21.0. The Balaban J connectivity index is 1.99. The molecule has 0 bridgehead atoms. The van der Waals surface area contributed by atoms with Crippen LogP contribution in [0.4, 0.5) is 0 Å². The van der Waals surface area contributed by atoms with Crippen molar-refractivity contribution in [2.45, 2.75) is 33.2 Å². The zero-order valence-corrected chi connectivity index (χ0v) is 18.4. The lowest BCUT2D eigenvalue weighted by molar-refractivity contribution is 0.591. The van der Waals surface area contributed by atoms with E-state index < -0.39 is 7.14 Å². The van der Waals surface area contributed by atoms with Gasteiger partial charge in [0.2, 0.25) is 0 Å². The normalized spacial score (nSPS) is 11.5. The molecule has 0 unspecified atom stereocenters. The van der Waals surface area contributed by atoms with E-state index in [2.05, 4.69) is 30.5 Å². The third-order valence-electron chi connectivity index (χ3n) is 5.50. The van der Waals surface area contributed by atoms with Crippen molar-refractivity contribution in [3.8, 4) is 11.4 Å². The highest BCUT2D eigenvalue weighted by Gasteiger charge is 2.35. The molecule has 3 nitrogen and oxygen atoms in total. The molecule has 4 heteroatoms. The highest BCUT2D eigenvalue weighted by atomic mass is 31.2. The molecule has 0 radical (unpaired) electrons. The predicted molar refractivity (Wildman–Crippen MR) is 127 cm³/mol. The maximum absolute atomic E-state index is 14.8. The molecule has 0 saturated heterocycles. The summed E-state index contributed by atoms with van der Waals surface area (Å²) in [6.45, 7) is 5.11. The van der Waals surface area contributed by atoms with Gasteiger partial charge in [0.25, 0.3) is 0 Å². The van der Waals surface area contributed by atoms with Gasteiger partial charge in [-0.15, -0.1) is 0 Å². The summed E-state index contributed by atoms with van der Waals surface area (Å²) in [7, 11) is -3.10. The SMILES string of the molecule is CCCCn1c(-c2ccccc2)nc(P(=O)(c2ccccc2)c2ccccc2)c1C. The minimum absolute atomic E-state index is 0.690. The molecule has 0 aliphatic rings. The van der Waals surface area contributed by atoms with E-state index in [9.17, 15) is 4.57 Å². The summed E-state index contributed by atoms with van der Waals surface area (Å²) < 4.78 is 17.1. The van der Waals surface area contributed by atoms with Crippen LogP contribution < -0.4 is 16.0 Å². The molecule has 0 amide bonds. The van der Waals surface area contributed by atoms with Crippen molar-refractivity contribution in [2.24, 2.45) is 0 Å². The Morgan fingerprint density at radius 2 is 1.30 bits per heavy atom. The van der Waals surface area contributed by atoms with E-state index >= 15 is 0 Å². The predicted octanol–water partition coefficient (Wildman–Crippen LogP) is 5.30. The molecule has 4 rings (SSSR count). The van der Waals surface area contributed by atoms with Gasteiger partial charge in [-0.1, -0.05) is 104 Å². The van der Waals surface area contributed by atoms with Gasteiger partial charge in [0.1, 0.15) is 11.3 Å². The van der Waals surface area contributed by atoms with Crippen LogP contribution in [0.1, 0.15) is 25.5 Å². The highest BCUT2D eigenvalue weighted by Crippen LogP contribution is 2.43. The topological polar surface area (TPSA) is 34.9 Å². The molecular weight excluding hydrogens is 387 g/mol. The first kappa shape index (κ1) is 20.4. The van der Waals surface area contributed by atoms with Gasteiger partial charge >= 0.3 is 0 Å². The van der Waals surface area contributed by atoms with E-state index in [1.807, 2.05) is 78.9 Å². The molecule has 0 atom stereocenters. The standard InChI is InChI=1S/C26H27N2OP/c1-3-4-20-28-21(2)26(27-25(28)22-14-8-5-9-15-22)30(29,23-16-10-6-11-17-23)24-18-12-7-13-19-24/h5-19H,3-4,20H2,1-2H3. The third-order valence-corrected chi connectivity index (χ3v) is 8.57. The average molecular weight is 414 g/mol. The van der Waals surface area contributed by atoms with Crippen LogP contribution in [0.15, 0.2) is 91.0 Å². The fourth-order valence-corrected chi connectivity index (χ4v) is 6.67. The first-order chi connectivity index (χ1) is 14.7. The molecule has 0 fully saturated rings. The second kappa shape index (κ2) is 8.85. The van der Waals surface area contributed by atoms with Gasteiger partial charge in [-0.2, -0.15) is 0 Å². The molecular formula is C26H27N2OP. The summed E-state index contributed by atoms with van der Waals surface area (Å²) in [5.41, 5.74) is 2.73. The van der Waals surface area contributed by atoms with Gasteiger partial charge in [-0.3, -0.25) is 0 Å². The van der Waals surface area contributed by atoms with Crippen LogP contribution in [0.25, 0.3) is 11.4 Å². The van der Waals surface area contributed by atoms with Crippen molar-refractivity contribution in [1.82, 2.24) is 9.55 Å². The summed E-state index contributed by atoms with van der Waals surface area (Å²) in [5, 5.41) is 1.64. The average Bonchev–Trinajstić information content (AvgIpc) is 3.15. The first-order valence-electron chi connectivity index (χ1n) is 10.5. The van der Waals surface area contributed by atoms with E-state index in [1.165, 1.54) is 0 Å². The molecule has 3 aromatic carbocycles. The minimum Gasteiger partial charge on any atom is -0.328 e. The van der Waals surface area contributed by atoms with Gasteiger partial charge in [0.15, 0.2) is 7.14 Å². The van der Waals surface area contributed by atoms with Crippen LogP contribution in [0, 0.1) is 6.92 Å². The molecule has 30 heavy (non-hydrogen) atoms. The monoisotopic (exact) mass is 414 g/mol. The summed E-state index contributed by atoms with van der Waals surface area (Å²) in [5.74, 6) is 0.892. The third kappa shape index (κ3) is 3.66. The highest BCUT2D eigenvalue weighted by molar-refractivity contribution is 7.85. The van der Waals surface area contributed by atoms with E-state index in [4.69, 9.17) is 4.98 Å². The lowest BCUT2D eigenvalue weighted by Gasteiger charge is -2.18. The number of hydrogen-bond acceptors (Lipinski definition) is 2. The van der Waals surface area contributed by atoms with Crippen LogP contribution in [0.3, 0.4) is 0 Å². The molecule has 152 valence electrons. The maximum Gasteiger partial charge on any atom is 0.190 e. The molecule has 0 aliphatic carbocycles. The van der Waals surface area contributed by atoms with Crippen molar-refractivity contribution in [3.05, 3.63) is 96.7 Å². The summed E-state index contributed by atoms with van der Waals surface area (Å²) in [6.07, 6.45) is 2.15. The Labute approximate surface area is 178 Å². The van der Waals surface area contributed by atoms with E-state index in [1.54, 1.807) is 0 Å². The molecule has 1 aromatic heterocycles. The number of hydrogen-bond donors (Lipinski definition) is 0. The van der Waals surface area contributed by atoms with Gasteiger partial charge < -0.3 is 9.13 Å². The smallest absolute Gasteiger partial charge is 0.190 e. The molecule has 4 aromatic rings. The number of unbranched alkanes of at least 4 members (excludes halogenated alkanes) is 1. The quantitative estimate of drug-likeness (QED) is 0.385. The lowest BCUT2D eigenvalue weighted by Crippen LogP contribution is -2.27. The largest absolute Gasteiger partial charge is 0.328 e. The van der Waals surface area contributed by atoms with Crippen LogP contribution in [0.5, 0.6) is 0 Å². The summed E-state index contributed by atoms with van der Waals surface area (Å²) >= 11 is 0. The van der Waals surface area contributed by atoms with E-state index in [0.717, 1.165) is 47.1 Å². The van der Waals surface area contributed by atoms with E-state index in [-0.39, 0.29) is 0 Å². The number of benzene rings is 3. The van der Waals surface area contributed by atoms with Crippen molar-refractivity contribution in [1.29, 1.82) is 0 Å². The van der Waals surface area contributed by atoms with E-state index in [0.29, 0.717) is 5.44 Å². The van der Waals surface area contributed by atoms with Crippen LogP contribution >= 0.6 is 7.14 Å². The maximum atomic E-state index is 14.8. The molecule has 0 aliphatic heterocycles. The lowest BCUT2D eigenvalue weighted by atomic mass is 10.2. The van der Waals surface area contributed by atoms with Crippen molar-refractivity contribution >= 4 is 23.2 Å². The summed E-state index contributed by atoms with van der Waals surface area (Å²) in [4.78, 5) is 5.06. The van der Waals surface area contributed by atoms with Crippen LogP contribution in [-0.4, -0.2) is 9.55 Å². The number of nitrogens with zero attached hydrogens (tertiary/aromatic N) is 2. The summed E-state index contributed by atoms with van der Waals surface area (Å²) in [6, 6.07) is 29.8. The molecule has 0 spiro atoms. The minimum atomic E-state index is -3.10. The Bertz CT molecular complexity index is 1110. The Kier molecular flexibility index (Phi) is 6.01. The fraction of sp³-hybridized carbons (Fsp3) is 0.192. The number of aromatic nitrogens is 2. The first-order valence-corrected chi connectivity index (χ1v) is 12.2. The van der Waals surface area contributed by atoms with Crippen molar-refractivity contribution in [3.63, 3.8) is 0 Å². The Morgan fingerprint density at radius 3 is 1.80 bits per heavy atom.